The molecule has 5 rings (SSSR count). The van der Waals surface area contributed by atoms with Crippen molar-refractivity contribution in [3.63, 3.8) is 0 Å². The minimum absolute atomic E-state index is 0.0380. The van der Waals surface area contributed by atoms with E-state index in [1.807, 2.05) is 0 Å². The van der Waals surface area contributed by atoms with E-state index in [1.54, 1.807) is 26.8 Å². The van der Waals surface area contributed by atoms with Gasteiger partial charge in [-0.15, -0.1) is 0 Å². The Bertz CT molecular complexity index is 1980. The molecule has 232 valence electrons. The molecule has 0 aliphatic rings. The first kappa shape index (κ1) is 31.1. The minimum atomic E-state index is -0.784. The average molecular weight is 617 g/mol. The van der Waals surface area contributed by atoms with E-state index in [1.165, 1.54) is 56.8 Å². The summed E-state index contributed by atoms with van der Waals surface area (Å²) in [7, 11) is 2.91. The molecule has 5 aromatic rings. The van der Waals surface area contributed by atoms with Gasteiger partial charge in [-0.2, -0.15) is 0 Å². The molecule has 0 unspecified atom stereocenters. The highest BCUT2D eigenvalue weighted by Crippen LogP contribution is 2.35. The Morgan fingerprint density at radius 1 is 0.978 bits per heavy atom. The number of halogens is 2. The minimum Gasteiger partial charge on any atom is -0.491 e. The Labute approximate surface area is 257 Å². The van der Waals surface area contributed by atoms with Crippen molar-refractivity contribution in [2.75, 3.05) is 26.1 Å². The van der Waals surface area contributed by atoms with Crippen LogP contribution in [-0.2, 0) is 11.3 Å². The molecule has 0 aliphatic carbocycles. The predicted octanol–water partition coefficient (Wildman–Crippen LogP) is 6.48. The maximum Gasteiger partial charge on any atom is 0.261 e. The predicted molar refractivity (Wildman–Crippen MR) is 164 cm³/mol. The van der Waals surface area contributed by atoms with Crippen LogP contribution in [0.3, 0.4) is 0 Å². The SMILES string of the molecule is CCOCc1[nH]c(C)c(-c2ccc(F)cc2C)c(=O)c1C(=O)Nc1ccc(Oc2ccnc3cc(OC)c(OC)nc23)c(F)c1. The fourth-order valence-electron chi connectivity index (χ4n) is 4.93. The van der Waals surface area contributed by atoms with E-state index >= 15 is 4.39 Å². The maximum atomic E-state index is 15.3. The fraction of sp³-hybridized carbons (Fsp3) is 0.212. The number of carbonyl (C=O) groups is 1. The topological polar surface area (TPSA) is 125 Å². The van der Waals surface area contributed by atoms with E-state index in [2.05, 4.69) is 20.3 Å². The monoisotopic (exact) mass is 616 g/mol. The van der Waals surface area contributed by atoms with Crippen LogP contribution >= 0.6 is 0 Å². The summed E-state index contributed by atoms with van der Waals surface area (Å²) in [6.45, 7) is 5.46. The van der Waals surface area contributed by atoms with Gasteiger partial charge >= 0.3 is 0 Å². The van der Waals surface area contributed by atoms with E-state index < -0.39 is 23.0 Å². The van der Waals surface area contributed by atoms with E-state index in [-0.39, 0.29) is 46.5 Å². The fourth-order valence-corrected chi connectivity index (χ4v) is 4.93. The van der Waals surface area contributed by atoms with Crippen molar-refractivity contribution in [3.8, 4) is 34.3 Å². The van der Waals surface area contributed by atoms with Gasteiger partial charge in [-0.3, -0.25) is 14.6 Å². The Morgan fingerprint density at radius 3 is 2.47 bits per heavy atom. The van der Waals surface area contributed by atoms with Crippen LogP contribution < -0.4 is 25.0 Å². The molecule has 1 amide bonds. The summed E-state index contributed by atoms with van der Waals surface area (Å²) in [4.78, 5) is 39.1. The van der Waals surface area contributed by atoms with Crippen molar-refractivity contribution in [1.82, 2.24) is 15.0 Å². The number of aromatic amines is 1. The van der Waals surface area contributed by atoms with Crippen LogP contribution in [0.4, 0.5) is 14.5 Å². The zero-order valence-electron chi connectivity index (χ0n) is 25.2. The van der Waals surface area contributed by atoms with Crippen molar-refractivity contribution in [3.05, 3.63) is 99.1 Å². The first-order valence-electron chi connectivity index (χ1n) is 13.9. The summed E-state index contributed by atoms with van der Waals surface area (Å²) in [5.41, 5.74) is 2.04. The normalized spacial score (nSPS) is 11.0. The summed E-state index contributed by atoms with van der Waals surface area (Å²) in [5, 5.41) is 2.60. The number of hydrogen-bond donors (Lipinski definition) is 2. The third-order valence-corrected chi connectivity index (χ3v) is 7.04. The molecule has 45 heavy (non-hydrogen) atoms. The second-order valence-electron chi connectivity index (χ2n) is 9.98. The highest BCUT2D eigenvalue weighted by atomic mass is 19.1. The summed E-state index contributed by atoms with van der Waals surface area (Å²) in [5.74, 6) is -1.35. The number of carbonyl (C=O) groups excluding carboxylic acids is 1. The van der Waals surface area contributed by atoms with Crippen molar-refractivity contribution < 1.29 is 32.5 Å². The lowest BCUT2D eigenvalue weighted by atomic mass is 9.96. The molecule has 3 aromatic heterocycles. The van der Waals surface area contributed by atoms with Gasteiger partial charge in [0.1, 0.15) is 16.9 Å². The van der Waals surface area contributed by atoms with Crippen molar-refractivity contribution >= 4 is 22.6 Å². The first-order valence-corrected chi connectivity index (χ1v) is 13.9. The van der Waals surface area contributed by atoms with Gasteiger partial charge in [0.25, 0.3) is 11.8 Å². The number of aromatic nitrogens is 3. The quantitative estimate of drug-likeness (QED) is 0.183. The number of rotatable bonds is 10. The number of hydrogen-bond acceptors (Lipinski definition) is 8. The van der Waals surface area contributed by atoms with Crippen LogP contribution in [0.2, 0.25) is 0 Å². The highest BCUT2D eigenvalue weighted by molar-refractivity contribution is 6.05. The summed E-state index contributed by atoms with van der Waals surface area (Å²) >= 11 is 0. The molecule has 0 fully saturated rings. The molecular weight excluding hydrogens is 586 g/mol. The van der Waals surface area contributed by atoms with Crippen LogP contribution in [0.25, 0.3) is 22.2 Å². The molecule has 3 heterocycles. The number of aryl methyl sites for hydroxylation is 2. The van der Waals surface area contributed by atoms with Crippen LogP contribution in [0.1, 0.15) is 34.2 Å². The summed E-state index contributed by atoms with van der Waals surface area (Å²) < 4.78 is 51.0. The lowest BCUT2D eigenvalue weighted by Gasteiger charge is -2.16. The number of nitrogens with one attached hydrogen (secondary N) is 2. The van der Waals surface area contributed by atoms with Crippen LogP contribution in [0.5, 0.6) is 23.1 Å². The lowest BCUT2D eigenvalue weighted by molar-refractivity contribution is 0.101. The van der Waals surface area contributed by atoms with Gasteiger partial charge in [0.05, 0.1) is 32.0 Å². The number of methoxy groups -OCH3 is 2. The molecule has 0 bridgehead atoms. The Balaban J connectivity index is 1.47. The van der Waals surface area contributed by atoms with Crippen molar-refractivity contribution in [2.24, 2.45) is 0 Å². The number of ether oxygens (including phenoxy) is 4. The summed E-state index contributed by atoms with van der Waals surface area (Å²) in [6.07, 6.45) is 1.48. The van der Waals surface area contributed by atoms with Gasteiger partial charge in [-0.05, 0) is 56.2 Å². The molecule has 0 radical (unpaired) electrons. The third kappa shape index (κ3) is 6.31. The number of amides is 1. The molecule has 0 saturated carbocycles. The largest absolute Gasteiger partial charge is 0.491 e. The van der Waals surface area contributed by atoms with E-state index in [0.717, 1.165) is 6.07 Å². The number of pyridine rings is 3. The van der Waals surface area contributed by atoms with Crippen LogP contribution in [-0.4, -0.2) is 41.7 Å². The molecule has 0 spiro atoms. The zero-order chi connectivity index (χ0) is 32.2. The number of fused-ring (bicyclic) bond motifs is 1. The van der Waals surface area contributed by atoms with E-state index in [4.69, 9.17) is 18.9 Å². The second-order valence-corrected chi connectivity index (χ2v) is 9.98. The number of anilines is 1. The standard InChI is InChI=1S/C33H30F2N4O6/c1-6-44-16-24-29(31(40)28(18(3)37-24)21-9-7-19(34)13-17(21)2)32(41)38-20-8-10-25(22(35)14-20)45-26-11-12-36-23-15-27(42-4)33(43-5)39-30(23)26/h7-15H,6,16H2,1-5H3,(H,37,40)(H,38,41). The van der Waals surface area contributed by atoms with E-state index in [0.29, 0.717) is 40.2 Å². The highest BCUT2D eigenvalue weighted by Gasteiger charge is 2.24. The van der Waals surface area contributed by atoms with Crippen LogP contribution in [0, 0.1) is 25.5 Å². The zero-order valence-corrected chi connectivity index (χ0v) is 25.2. The smallest absolute Gasteiger partial charge is 0.261 e. The molecular formula is C33H30F2N4O6. The Hall–Kier alpha value is -5.36. The van der Waals surface area contributed by atoms with Crippen molar-refractivity contribution in [2.45, 2.75) is 27.4 Å². The van der Waals surface area contributed by atoms with Gasteiger partial charge in [0.15, 0.2) is 23.1 Å². The molecule has 0 atom stereocenters. The van der Waals surface area contributed by atoms with Gasteiger partial charge in [-0.1, -0.05) is 6.07 Å². The summed E-state index contributed by atoms with van der Waals surface area (Å²) in [6, 6.07) is 11.1. The van der Waals surface area contributed by atoms with E-state index in [9.17, 15) is 14.0 Å². The molecule has 0 saturated heterocycles. The van der Waals surface area contributed by atoms with Crippen LogP contribution in [0.15, 0.2) is 59.5 Å². The molecule has 2 N–H and O–H groups in total. The number of H-pyrrole nitrogens is 1. The number of nitrogens with zero attached hydrogens (tertiary/aromatic N) is 2. The first-order chi connectivity index (χ1) is 21.6. The maximum absolute atomic E-state index is 15.3. The number of benzene rings is 2. The average Bonchev–Trinajstić information content (AvgIpc) is 3.01. The molecule has 12 heteroatoms. The van der Waals surface area contributed by atoms with Gasteiger partial charge in [0, 0.05) is 47.9 Å². The van der Waals surface area contributed by atoms with Gasteiger partial charge in [0.2, 0.25) is 5.43 Å². The second kappa shape index (κ2) is 13.1. The van der Waals surface area contributed by atoms with Gasteiger partial charge < -0.3 is 29.2 Å². The van der Waals surface area contributed by atoms with Gasteiger partial charge in [-0.25, -0.2) is 13.8 Å². The molecule has 10 nitrogen and oxygen atoms in total. The third-order valence-electron chi connectivity index (χ3n) is 7.04. The van der Waals surface area contributed by atoms with Crippen molar-refractivity contribution in [1.29, 1.82) is 0 Å². The molecule has 0 aliphatic heterocycles. The Kier molecular flexibility index (Phi) is 9.05. The lowest BCUT2D eigenvalue weighted by Crippen LogP contribution is -2.27. The Morgan fingerprint density at radius 2 is 1.78 bits per heavy atom. The molecule has 2 aromatic carbocycles.